The van der Waals surface area contributed by atoms with Gasteiger partial charge in [-0.25, -0.2) is 9.97 Å². The molecule has 2 N–H and O–H groups in total. The zero-order chi connectivity index (χ0) is 14.2. The summed E-state index contributed by atoms with van der Waals surface area (Å²) in [4.78, 5) is 8.15. The van der Waals surface area contributed by atoms with E-state index in [1.54, 1.807) is 6.07 Å². The van der Waals surface area contributed by atoms with Gasteiger partial charge in [0.05, 0.1) is 19.3 Å². The predicted molar refractivity (Wildman–Crippen MR) is 77.8 cm³/mol. The van der Waals surface area contributed by atoms with Crippen molar-refractivity contribution in [2.75, 3.05) is 18.5 Å². The lowest BCUT2D eigenvalue weighted by atomic mass is 10.1. The average molecular weight is 273 g/mol. The van der Waals surface area contributed by atoms with Crippen LogP contribution in [-0.2, 0) is 6.42 Å². The molecule has 2 aromatic rings. The standard InChI is InChI=1S/C15H19N3O2/c1-2-20-15-9-14(16-11-17-15)18-13(10-19)8-12-6-4-3-5-7-12/h3-7,9,11,13,19H,2,8,10H2,1H3,(H,16,17,18). The molecule has 5 heteroatoms. The molecule has 0 spiro atoms. The van der Waals surface area contributed by atoms with Crippen molar-refractivity contribution < 1.29 is 9.84 Å². The molecule has 0 saturated heterocycles. The third kappa shape index (κ3) is 4.20. The van der Waals surface area contributed by atoms with E-state index in [1.807, 2.05) is 37.3 Å². The van der Waals surface area contributed by atoms with Crippen LogP contribution in [0, 0.1) is 0 Å². The molecule has 106 valence electrons. The van der Waals surface area contributed by atoms with Crippen LogP contribution in [0.4, 0.5) is 5.82 Å². The second-order valence-electron chi connectivity index (χ2n) is 4.39. The molecular weight excluding hydrogens is 254 g/mol. The van der Waals surface area contributed by atoms with Crippen molar-refractivity contribution in [2.45, 2.75) is 19.4 Å². The molecule has 0 fully saturated rings. The molecule has 1 aromatic heterocycles. The molecule has 0 radical (unpaired) electrons. The number of hydrogen-bond donors (Lipinski definition) is 2. The molecule has 2 rings (SSSR count). The minimum Gasteiger partial charge on any atom is -0.478 e. The van der Waals surface area contributed by atoms with E-state index in [9.17, 15) is 5.11 Å². The summed E-state index contributed by atoms with van der Waals surface area (Å²) in [6, 6.07) is 11.7. The molecular formula is C15H19N3O2. The van der Waals surface area contributed by atoms with Crippen molar-refractivity contribution in [1.82, 2.24) is 9.97 Å². The van der Waals surface area contributed by atoms with Crippen LogP contribution in [-0.4, -0.2) is 34.3 Å². The molecule has 5 nitrogen and oxygen atoms in total. The van der Waals surface area contributed by atoms with Gasteiger partial charge >= 0.3 is 0 Å². The van der Waals surface area contributed by atoms with Gasteiger partial charge in [-0.05, 0) is 18.9 Å². The number of hydrogen-bond acceptors (Lipinski definition) is 5. The molecule has 0 saturated carbocycles. The number of benzene rings is 1. The highest BCUT2D eigenvalue weighted by molar-refractivity contribution is 5.38. The first-order valence-electron chi connectivity index (χ1n) is 6.68. The van der Waals surface area contributed by atoms with E-state index in [4.69, 9.17) is 4.74 Å². The van der Waals surface area contributed by atoms with Gasteiger partial charge in [0.2, 0.25) is 5.88 Å². The van der Waals surface area contributed by atoms with Crippen LogP contribution in [0.3, 0.4) is 0 Å². The first-order chi connectivity index (χ1) is 9.81. The Hall–Kier alpha value is -2.14. The number of ether oxygens (including phenoxy) is 1. The fourth-order valence-electron chi connectivity index (χ4n) is 1.91. The van der Waals surface area contributed by atoms with Gasteiger partial charge in [0, 0.05) is 6.07 Å². The minimum absolute atomic E-state index is 0.0306. The Morgan fingerprint density at radius 3 is 2.75 bits per heavy atom. The van der Waals surface area contributed by atoms with E-state index in [-0.39, 0.29) is 12.6 Å². The van der Waals surface area contributed by atoms with Crippen LogP contribution in [0.25, 0.3) is 0 Å². The van der Waals surface area contributed by atoms with E-state index in [0.29, 0.717) is 18.3 Å². The van der Waals surface area contributed by atoms with E-state index in [0.717, 1.165) is 12.0 Å². The van der Waals surface area contributed by atoms with Crippen molar-refractivity contribution in [3.63, 3.8) is 0 Å². The number of nitrogens with zero attached hydrogens (tertiary/aromatic N) is 2. The van der Waals surface area contributed by atoms with Gasteiger partial charge in [-0.15, -0.1) is 0 Å². The fourth-order valence-corrected chi connectivity index (χ4v) is 1.91. The quantitative estimate of drug-likeness (QED) is 0.806. The summed E-state index contributed by atoms with van der Waals surface area (Å²) in [5.74, 6) is 1.18. The molecule has 0 aliphatic rings. The SMILES string of the molecule is CCOc1cc(NC(CO)Cc2ccccc2)ncn1. The predicted octanol–water partition coefficient (Wildman–Crippen LogP) is 1.89. The van der Waals surface area contributed by atoms with Gasteiger partial charge in [0.1, 0.15) is 12.1 Å². The molecule has 20 heavy (non-hydrogen) atoms. The fraction of sp³-hybridized carbons (Fsp3) is 0.333. The topological polar surface area (TPSA) is 67.3 Å². The van der Waals surface area contributed by atoms with Gasteiger partial charge in [0.15, 0.2) is 0 Å². The van der Waals surface area contributed by atoms with Crippen molar-refractivity contribution in [2.24, 2.45) is 0 Å². The highest BCUT2D eigenvalue weighted by Gasteiger charge is 2.09. The second kappa shape index (κ2) is 7.45. The molecule has 0 amide bonds. The maximum absolute atomic E-state index is 9.48. The summed E-state index contributed by atoms with van der Waals surface area (Å²) in [6.07, 6.45) is 2.18. The Labute approximate surface area is 118 Å². The van der Waals surface area contributed by atoms with Crippen molar-refractivity contribution in [1.29, 1.82) is 0 Å². The van der Waals surface area contributed by atoms with Crippen LogP contribution in [0.15, 0.2) is 42.7 Å². The molecule has 1 heterocycles. The highest BCUT2D eigenvalue weighted by Crippen LogP contribution is 2.13. The average Bonchev–Trinajstić information content (AvgIpc) is 2.48. The minimum atomic E-state index is -0.0956. The first-order valence-corrected chi connectivity index (χ1v) is 6.68. The van der Waals surface area contributed by atoms with E-state index in [1.165, 1.54) is 6.33 Å². The summed E-state index contributed by atoms with van der Waals surface area (Å²) in [6.45, 7) is 2.49. The van der Waals surface area contributed by atoms with Crippen LogP contribution in [0.1, 0.15) is 12.5 Å². The monoisotopic (exact) mass is 273 g/mol. The third-order valence-corrected chi connectivity index (χ3v) is 2.83. The van der Waals surface area contributed by atoms with Crippen molar-refractivity contribution in [3.05, 3.63) is 48.3 Å². The second-order valence-corrected chi connectivity index (χ2v) is 4.39. The normalized spacial score (nSPS) is 11.9. The zero-order valence-electron chi connectivity index (χ0n) is 11.5. The summed E-state index contributed by atoms with van der Waals surface area (Å²) in [5.41, 5.74) is 1.16. The van der Waals surface area contributed by atoms with Crippen LogP contribution in [0.2, 0.25) is 0 Å². The summed E-state index contributed by atoms with van der Waals surface area (Å²) in [7, 11) is 0. The number of aliphatic hydroxyl groups is 1. The summed E-state index contributed by atoms with van der Waals surface area (Å²) in [5, 5.41) is 12.7. The summed E-state index contributed by atoms with van der Waals surface area (Å²) < 4.78 is 5.33. The number of aliphatic hydroxyl groups excluding tert-OH is 1. The largest absolute Gasteiger partial charge is 0.478 e. The third-order valence-electron chi connectivity index (χ3n) is 2.83. The van der Waals surface area contributed by atoms with E-state index < -0.39 is 0 Å². The molecule has 0 bridgehead atoms. The van der Waals surface area contributed by atoms with Gasteiger partial charge in [-0.2, -0.15) is 0 Å². The van der Waals surface area contributed by atoms with Gasteiger partial charge in [-0.3, -0.25) is 0 Å². The van der Waals surface area contributed by atoms with Gasteiger partial charge in [-0.1, -0.05) is 30.3 Å². The van der Waals surface area contributed by atoms with Crippen molar-refractivity contribution >= 4 is 5.82 Å². The maximum atomic E-state index is 9.48. The van der Waals surface area contributed by atoms with Crippen LogP contribution >= 0.6 is 0 Å². The Kier molecular flexibility index (Phi) is 5.32. The Morgan fingerprint density at radius 1 is 1.25 bits per heavy atom. The van der Waals surface area contributed by atoms with Gasteiger partial charge in [0.25, 0.3) is 0 Å². The molecule has 1 atom stereocenters. The lowest BCUT2D eigenvalue weighted by Gasteiger charge is -2.17. The molecule has 1 unspecified atom stereocenters. The lowest BCUT2D eigenvalue weighted by molar-refractivity contribution is 0.273. The smallest absolute Gasteiger partial charge is 0.218 e. The highest BCUT2D eigenvalue weighted by atomic mass is 16.5. The first kappa shape index (κ1) is 14.3. The number of rotatable bonds is 7. The summed E-state index contributed by atoms with van der Waals surface area (Å²) >= 11 is 0. The van der Waals surface area contributed by atoms with Crippen LogP contribution in [0.5, 0.6) is 5.88 Å². The number of aromatic nitrogens is 2. The van der Waals surface area contributed by atoms with E-state index in [2.05, 4.69) is 15.3 Å². The lowest BCUT2D eigenvalue weighted by Crippen LogP contribution is -2.26. The Morgan fingerprint density at radius 2 is 2.05 bits per heavy atom. The Bertz CT molecular complexity index is 520. The molecule has 0 aliphatic heterocycles. The van der Waals surface area contributed by atoms with E-state index >= 15 is 0 Å². The van der Waals surface area contributed by atoms with Crippen LogP contribution < -0.4 is 10.1 Å². The molecule has 0 aliphatic carbocycles. The van der Waals surface area contributed by atoms with Crippen molar-refractivity contribution in [3.8, 4) is 5.88 Å². The molecule has 1 aromatic carbocycles. The maximum Gasteiger partial charge on any atom is 0.218 e. The van der Waals surface area contributed by atoms with Gasteiger partial charge < -0.3 is 15.2 Å². The number of anilines is 1. The number of nitrogens with one attached hydrogen (secondary N) is 1. The zero-order valence-corrected chi connectivity index (χ0v) is 11.5. The Balaban J connectivity index is 2.00.